The van der Waals surface area contributed by atoms with Crippen LogP contribution in [0.3, 0.4) is 0 Å². The summed E-state index contributed by atoms with van der Waals surface area (Å²) in [5, 5.41) is 15.6. The third-order valence-electron chi connectivity index (χ3n) is 5.38. The molecule has 0 spiro atoms. The zero-order chi connectivity index (χ0) is 22.6. The van der Waals surface area contributed by atoms with E-state index in [1.54, 1.807) is 24.3 Å². The fourth-order valence-corrected chi connectivity index (χ4v) is 5.07. The summed E-state index contributed by atoms with van der Waals surface area (Å²) in [5.41, 5.74) is 0.319. The van der Waals surface area contributed by atoms with Gasteiger partial charge in [0, 0.05) is 21.7 Å². The van der Waals surface area contributed by atoms with Crippen molar-refractivity contribution in [3.05, 3.63) is 62.6 Å². The van der Waals surface area contributed by atoms with Crippen molar-refractivity contribution in [3.63, 3.8) is 0 Å². The Bertz CT molecular complexity index is 1120. The molecule has 2 amide bonds. The van der Waals surface area contributed by atoms with Crippen LogP contribution in [0.25, 0.3) is 0 Å². The highest BCUT2D eigenvalue weighted by molar-refractivity contribution is 6.53. The predicted octanol–water partition coefficient (Wildman–Crippen LogP) is 5.96. The largest absolute Gasteiger partial charge is 0.334 e. The van der Waals surface area contributed by atoms with Gasteiger partial charge in [0.05, 0.1) is 22.6 Å². The molecular formula is C21H14Cl5N3O2. The number of benzene rings is 2. The van der Waals surface area contributed by atoms with Gasteiger partial charge in [-0.1, -0.05) is 34.8 Å². The predicted molar refractivity (Wildman–Crippen MR) is 122 cm³/mol. The normalized spacial score (nSPS) is 22.2. The monoisotopic (exact) mass is 515 g/mol. The van der Waals surface area contributed by atoms with Crippen molar-refractivity contribution in [2.75, 3.05) is 5.32 Å². The lowest BCUT2D eigenvalue weighted by atomic mass is 10.1. The van der Waals surface area contributed by atoms with Crippen molar-refractivity contribution in [2.45, 2.75) is 28.6 Å². The van der Waals surface area contributed by atoms with Gasteiger partial charge in [-0.15, -0.1) is 23.2 Å². The maximum absolute atomic E-state index is 12.9. The van der Waals surface area contributed by atoms with Crippen molar-refractivity contribution in [3.8, 4) is 6.07 Å². The summed E-state index contributed by atoms with van der Waals surface area (Å²) in [6.07, 6.45) is 1.18. The van der Waals surface area contributed by atoms with Crippen LogP contribution in [0.5, 0.6) is 0 Å². The molecule has 160 valence electrons. The molecule has 5 nitrogen and oxygen atoms in total. The van der Waals surface area contributed by atoms with Crippen LogP contribution in [0.4, 0.5) is 5.69 Å². The minimum atomic E-state index is -1.32. The molecule has 4 rings (SSSR count). The van der Waals surface area contributed by atoms with Crippen molar-refractivity contribution in [2.24, 2.45) is 5.92 Å². The Balaban J connectivity index is 1.51. The molecular weight excluding hydrogens is 504 g/mol. The smallest absolute Gasteiger partial charge is 0.254 e. The van der Waals surface area contributed by atoms with Crippen LogP contribution in [0, 0.1) is 17.2 Å². The van der Waals surface area contributed by atoms with E-state index in [4.69, 9.17) is 63.3 Å². The minimum absolute atomic E-state index is 0.151. The molecule has 2 aromatic carbocycles. The summed E-state index contributed by atoms with van der Waals surface area (Å²) in [5.74, 6) is -2.14. The average Bonchev–Trinajstić information content (AvgIpc) is 3.57. The van der Waals surface area contributed by atoms with E-state index in [1.165, 1.54) is 12.1 Å². The van der Waals surface area contributed by atoms with Crippen LogP contribution < -0.4 is 10.6 Å². The number of nitrogens with zero attached hydrogens (tertiary/aromatic N) is 1. The molecule has 2 aromatic rings. The van der Waals surface area contributed by atoms with E-state index in [1.807, 2.05) is 0 Å². The van der Waals surface area contributed by atoms with E-state index in [0.717, 1.165) is 0 Å². The number of carbonyl (C=O) groups excluding carboxylic acids is 2. The Hall–Kier alpha value is -1.68. The highest BCUT2D eigenvalue weighted by Gasteiger charge is 2.67. The van der Waals surface area contributed by atoms with Crippen molar-refractivity contribution >= 4 is 75.5 Å². The van der Waals surface area contributed by atoms with Gasteiger partial charge < -0.3 is 10.6 Å². The number of halogens is 5. The Labute approximate surface area is 203 Å². The molecule has 2 saturated carbocycles. The number of alkyl halides is 2. The molecule has 2 aliphatic carbocycles. The molecule has 0 aliphatic heterocycles. The Morgan fingerprint density at radius 3 is 2.26 bits per heavy atom. The van der Waals surface area contributed by atoms with Gasteiger partial charge in [0.2, 0.25) is 5.91 Å². The van der Waals surface area contributed by atoms with Crippen LogP contribution in [0.2, 0.25) is 15.1 Å². The Morgan fingerprint density at radius 2 is 1.68 bits per heavy atom. The van der Waals surface area contributed by atoms with Gasteiger partial charge in [0.1, 0.15) is 9.87 Å². The number of hydrogen-bond acceptors (Lipinski definition) is 3. The van der Waals surface area contributed by atoms with E-state index in [9.17, 15) is 9.59 Å². The lowest BCUT2D eigenvalue weighted by molar-refractivity contribution is -0.117. The summed E-state index contributed by atoms with van der Waals surface area (Å²) < 4.78 is -1.32. The topological polar surface area (TPSA) is 82.0 Å². The molecule has 0 heterocycles. The average molecular weight is 518 g/mol. The fourth-order valence-electron chi connectivity index (χ4n) is 3.49. The molecule has 10 heteroatoms. The second kappa shape index (κ2) is 8.03. The second-order valence-electron chi connectivity index (χ2n) is 7.66. The molecule has 0 bridgehead atoms. The SMILES string of the molecule is N#CC1(NC(=O)c2cc(NC(=O)[C@H]3[C@H](c4cc(Cl)cc(Cl)c4)C3(Cl)Cl)ccc2Cl)CC1. The quantitative estimate of drug-likeness (QED) is 0.480. The summed E-state index contributed by atoms with van der Waals surface area (Å²) in [7, 11) is 0. The van der Waals surface area contributed by atoms with Crippen LogP contribution in [0.1, 0.15) is 34.7 Å². The number of nitrogens with one attached hydrogen (secondary N) is 2. The van der Waals surface area contributed by atoms with Crippen LogP contribution in [0.15, 0.2) is 36.4 Å². The van der Waals surface area contributed by atoms with E-state index < -0.39 is 33.5 Å². The van der Waals surface area contributed by atoms with Crippen LogP contribution >= 0.6 is 58.0 Å². The fraction of sp³-hybridized carbons (Fsp3) is 0.286. The van der Waals surface area contributed by atoms with Gasteiger partial charge in [-0.3, -0.25) is 9.59 Å². The van der Waals surface area contributed by atoms with Gasteiger partial charge in [-0.05, 0) is 54.8 Å². The van der Waals surface area contributed by atoms with Crippen LogP contribution in [-0.4, -0.2) is 21.7 Å². The van der Waals surface area contributed by atoms with Gasteiger partial charge in [-0.25, -0.2) is 0 Å². The number of hydrogen-bond donors (Lipinski definition) is 2. The molecule has 2 atom stereocenters. The van der Waals surface area contributed by atoms with Crippen LogP contribution in [-0.2, 0) is 4.79 Å². The van der Waals surface area contributed by atoms with Crippen molar-refractivity contribution in [1.29, 1.82) is 5.26 Å². The molecule has 2 fully saturated rings. The maximum atomic E-state index is 12.9. The lowest BCUT2D eigenvalue weighted by Gasteiger charge is -2.12. The molecule has 2 aliphatic rings. The van der Waals surface area contributed by atoms with Crippen molar-refractivity contribution in [1.82, 2.24) is 5.32 Å². The first kappa shape index (κ1) is 22.5. The zero-order valence-electron chi connectivity index (χ0n) is 15.7. The first-order chi connectivity index (χ1) is 14.6. The van der Waals surface area contributed by atoms with E-state index in [2.05, 4.69) is 16.7 Å². The number of rotatable bonds is 5. The molecule has 0 saturated heterocycles. The number of carbonyl (C=O) groups is 2. The van der Waals surface area contributed by atoms with Gasteiger partial charge in [-0.2, -0.15) is 5.26 Å². The first-order valence-electron chi connectivity index (χ1n) is 9.24. The van der Waals surface area contributed by atoms with E-state index in [0.29, 0.717) is 34.1 Å². The standard InChI is InChI=1S/C21H14Cl5N3O2/c22-11-5-10(6-12(23)7-11)16-17(21(16,25)26)19(31)28-13-1-2-15(24)14(8-13)18(30)29-20(9-27)3-4-20/h1-2,5-8,16-17H,3-4H2,(H,28,31)(H,29,30)/t16-,17+/m0/s1. The molecule has 0 radical (unpaired) electrons. The van der Waals surface area contributed by atoms with Crippen molar-refractivity contribution < 1.29 is 9.59 Å². The third-order valence-corrected chi connectivity index (χ3v) is 7.08. The number of amides is 2. The van der Waals surface area contributed by atoms with E-state index >= 15 is 0 Å². The minimum Gasteiger partial charge on any atom is -0.334 e. The highest BCUT2D eigenvalue weighted by atomic mass is 35.5. The summed E-state index contributed by atoms with van der Waals surface area (Å²) in [6.45, 7) is 0. The Morgan fingerprint density at radius 1 is 1.03 bits per heavy atom. The summed E-state index contributed by atoms with van der Waals surface area (Å²) >= 11 is 31.0. The molecule has 2 N–H and O–H groups in total. The third kappa shape index (κ3) is 4.46. The van der Waals surface area contributed by atoms with Gasteiger partial charge in [0.15, 0.2) is 0 Å². The number of nitriles is 1. The van der Waals surface area contributed by atoms with E-state index in [-0.39, 0.29) is 10.6 Å². The first-order valence-corrected chi connectivity index (χ1v) is 11.1. The molecule has 31 heavy (non-hydrogen) atoms. The Kier molecular flexibility index (Phi) is 5.83. The summed E-state index contributed by atoms with van der Waals surface area (Å²) in [4.78, 5) is 25.4. The molecule has 0 aromatic heterocycles. The maximum Gasteiger partial charge on any atom is 0.254 e. The molecule has 0 unspecified atom stereocenters. The highest BCUT2D eigenvalue weighted by Crippen LogP contribution is 2.65. The van der Waals surface area contributed by atoms with Gasteiger partial charge in [0.25, 0.3) is 5.91 Å². The number of anilines is 1. The lowest BCUT2D eigenvalue weighted by Crippen LogP contribution is -2.35. The zero-order valence-corrected chi connectivity index (χ0v) is 19.5. The summed E-state index contributed by atoms with van der Waals surface area (Å²) in [6, 6.07) is 11.5. The second-order valence-corrected chi connectivity index (χ2v) is 10.4. The van der Waals surface area contributed by atoms with Gasteiger partial charge >= 0.3 is 0 Å².